The van der Waals surface area contributed by atoms with E-state index < -0.39 is 5.82 Å². The maximum atomic E-state index is 13.9. The van der Waals surface area contributed by atoms with E-state index >= 15 is 0 Å². The van der Waals surface area contributed by atoms with Crippen molar-refractivity contribution < 1.29 is 9.18 Å². The molecule has 1 fully saturated rings. The Kier molecular flexibility index (Phi) is 5.57. The number of thioether (sulfide) groups is 1. The molecule has 1 aliphatic carbocycles. The molecule has 1 saturated carbocycles. The van der Waals surface area contributed by atoms with Gasteiger partial charge in [0.05, 0.1) is 11.3 Å². The van der Waals surface area contributed by atoms with Crippen molar-refractivity contribution in [3.63, 3.8) is 0 Å². The predicted octanol–water partition coefficient (Wildman–Crippen LogP) is 2.59. The number of amides is 1. The van der Waals surface area contributed by atoms with Gasteiger partial charge in [0.1, 0.15) is 5.82 Å². The van der Waals surface area contributed by atoms with E-state index in [1.165, 1.54) is 22.5 Å². The Labute approximate surface area is 150 Å². The molecule has 0 spiro atoms. The molecule has 1 heterocycles. The zero-order valence-electron chi connectivity index (χ0n) is 14.1. The van der Waals surface area contributed by atoms with Crippen LogP contribution in [0, 0.1) is 11.7 Å². The minimum Gasteiger partial charge on any atom is -0.353 e. The first-order valence-corrected chi connectivity index (χ1v) is 9.40. The van der Waals surface area contributed by atoms with Crippen LogP contribution in [0.4, 0.5) is 4.39 Å². The van der Waals surface area contributed by atoms with Crippen LogP contribution in [-0.4, -0.2) is 32.6 Å². The lowest BCUT2D eigenvalue weighted by atomic mass is 9.87. The lowest BCUT2D eigenvalue weighted by Gasteiger charge is -2.26. The zero-order valence-corrected chi connectivity index (χ0v) is 14.9. The van der Waals surface area contributed by atoms with Crippen LogP contribution in [0.1, 0.15) is 32.6 Å². The summed E-state index contributed by atoms with van der Waals surface area (Å²) in [5.74, 6) is 6.70. The van der Waals surface area contributed by atoms with Gasteiger partial charge in [-0.3, -0.25) is 4.79 Å². The number of carbonyl (C=O) groups excluding carboxylic acids is 1. The van der Waals surface area contributed by atoms with Crippen molar-refractivity contribution in [3.05, 3.63) is 30.1 Å². The summed E-state index contributed by atoms with van der Waals surface area (Å²) in [4.78, 5) is 12.1. The van der Waals surface area contributed by atoms with Crippen LogP contribution in [0.3, 0.4) is 0 Å². The summed E-state index contributed by atoms with van der Waals surface area (Å²) in [5, 5.41) is 11.3. The lowest BCUT2D eigenvalue weighted by Crippen LogP contribution is -2.38. The highest BCUT2D eigenvalue weighted by Gasteiger charge is 2.21. The zero-order chi connectivity index (χ0) is 17.8. The molecule has 2 aromatic rings. The molecule has 0 bridgehead atoms. The molecule has 25 heavy (non-hydrogen) atoms. The number of rotatable bonds is 5. The number of hydrogen-bond acceptors (Lipinski definition) is 5. The Hall–Kier alpha value is -2.09. The molecule has 0 aliphatic heterocycles. The Morgan fingerprint density at radius 3 is 2.76 bits per heavy atom. The van der Waals surface area contributed by atoms with Crippen molar-refractivity contribution >= 4 is 17.7 Å². The fraction of sp³-hybridized carbons (Fsp3) is 0.471. The van der Waals surface area contributed by atoms with Gasteiger partial charge in [0.2, 0.25) is 11.1 Å². The van der Waals surface area contributed by atoms with E-state index in [0.717, 1.165) is 31.6 Å². The van der Waals surface area contributed by atoms with Crippen LogP contribution < -0.4 is 11.2 Å². The molecule has 3 rings (SSSR count). The maximum absolute atomic E-state index is 13.9. The van der Waals surface area contributed by atoms with Crippen LogP contribution in [0.5, 0.6) is 0 Å². The highest BCUT2D eigenvalue weighted by Crippen LogP contribution is 2.25. The second kappa shape index (κ2) is 7.86. The number of nitrogen functional groups attached to an aromatic ring is 1. The first-order valence-electron chi connectivity index (χ1n) is 8.42. The molecule has 0 saturated heterocycles. The number of nitrogens with two attached hydrogens (primary N) is 1. The Bertz CT molecular complexity index is 742. The van der Waals surface area contributed by atoms with Gasteiger partial charge in [-0.15, -0.1) is 10.2 Å². The largest absolute Gasteiger partial charge is 0.353 e. The van der Waals surface area contributed by atoms with Crippen LogP contribution >= 0.6 is 11.8 Å². The van der Waals surface area contributed by atoms with E-state index in [9.17, 15) is 9.18 Å². The highest BCUT2D eigenvalue weighted by atomic mass is 32.2. The number of nitrogens with zero attached hydrogens (tertiary/aromatic N) is 3. The SMILES string of the molecule is CC1CCC(NC(=O)CSc2nnc(-c3ccccc3F)n2N)CC1. The molecule has 1 aromatic heterocycles. The van der Waals surface area contributed by atoms with E-state index in [4.69, 9.17) is 5.84 Å². The van der Waals surface area contributed by atoms with Gasteiger partial charge >= 0.3 is 0 Å². The molecule has 6 nitrogen and oxygen atoms in total. The van der Waals surface area contributed by atoms with Gasteiger partial charge in [-0.25, -0.2) is 9.07 Å². The smallest absolute Gasteiger partial charge is 0.230 e. The number of nitrogens with one attached hydrogen (secondary N) is 1. The Morgan fingerprint density at radius 1 is 1.32 bits per heavy atom. The van der Waals surface area contributed by atoms with E-state index in [2.05, 4.69) is 22.4 Å². The van der Waals surface area contributed by atoms with Gasteiger partial charge in [0.25, 0.3) is 0 Å². The predicted molar refractivity (Wildman–Crippen MR) is 95.9 cm³/mol. The minimum atomic E-state index is -0.414. The second-order valence-electron chi connectivity index (χ2n) is 6.47. The topological polar surface area (TPSA) is 85.8 Å². The highest BCUT2D eigenvalue weighted by molar-refractivity contribution is 7.99. The van der Waals surface area contributed by atoms with Gasteiger partial charge in [0.15, 0.2) is 5.82 Å². The normalized spacial score (nSPS) is 20.4. The van der Waals surface area contributed by atoms with Crippen LogP contribution in [0.25, 0.3) is 11.4 Å². The number of aromatic nitrogens is 3. The van der Waals surface area contributed by atoms with E-state index in [1.54, 1.807) is 18.2 Å². The fourth-order valence-corrected chi connectivity index (χ4v) is 3.67. The molecule has 0 unspecified atom stereocenters. The maximum Gasteiger partial charge on any atom is 0.230 e. The van der Waals surface area contributed by atoms with Crippen molar-refractivity contribution in [2.45, 2.75) is 43.8 Å². The summed E-state index contributed by atoms with van der Waals surface area (Å²) in [7, 11) is 0. The minimum absolute atomic E-state index is 0.0417. The molecule has 134 valence electrons. The second-order valence-corrected chi connectivity index (χ2v) is 7.41. The molecule has 1 aliphatic rings. The van der Waals surface area contributed by atoms with Crippen molar-refractivity contribution in [1.29, 1.82) is 0 Å². The number of halogens is 1. The van der Waals surface area contributed by atoms with E-state index in [1.807, 2.05) is 0 Å². The van der Waals surface area contributed by atoms with Crippen molar-refractivity contribution in [2.24, 2.45) is 5.92 Å². The standard InChI is InChI=1S/C17H22FN5OS/c1-11-6-8-12(9-7-11)20-15(24)10-25-17-22-21-16(23(17)19)13-4-2-3-5-14(13)18/h2-5,11-12H,6-10,19H2,1H3,(H,20,24). The van der Waals surface area contributed by atoms with Gasteiger partial charge in [-0.1, -0.05) is 30.8 Å². The number of hydrogen-bond donors (Lipinski definition) is 2. The first-order chi connectivity index (χ1) is 12.0. The van der Waals surface area contributed by atoms with Crippen LogP contribution in [-0.2, 0) is 4.79 Å². The Balaban J connectivity index is 1.57. The summed E-state index contributed by atoms with van der Waals surface area (Å²) >= 11 is 1.20. The van der Waals surface area contributed by atoms with Gasteiger partial charge in [-0.2, -0.15) is 0 Å². The average molecular weight is 363 g/mol. The summed E-state index contributed by atoms with van der Waals surface area (Å²) in [6.45, 7) is 2.25. The van der Waals surface area contributed by atoms with Crippen LogP contribution in [0.15, 0.2) is 29.4 Å². The molecule has 8 heteroatoms. The molecule has 1 amide bonds. The quantitative estimate of drug-likeness (QED) is 0.630. The summed E-state index contributed by atoms with van der Waals surface area (Å²) < 4.78 is 15.1. The molecule has 0 atom stereocenters. The average Bonchev–Trinajstić information content (AvgIpc) is 2.96. The van der Waals surface area contributed by atoms with E-state index in [-0.39, 0.29) is 29.1 Å². The first kappa shape index (κ1) is 17.7. The molecular formula is C17H22FN5OS. The Morgan fingerprint density at radius 2 is 2.04 bits per heavy atom. The van der Waals surface area contributed by atoms with Crippen molar-refractivity contribution in [1.82, 2.24) is 20.2 Å². The summed E-state index contributed by atoms with van der Waals surface area (Å²) in [5.41, 5.74) is 0.283. The van der Waals surface area contributed by atoms with Gasteiger partial charge < -0.3 is 11.2 Å². The molecular weight excluding hydrogens is 341 g/mol. The van der Waals surface area contributed by atoms with Gasteiger partial charge in [0, 0.05) is 6.04 Å². The number of benzene rings is 1. The fourth-order valence-electron chi connectivity index (χ4n) is 3.01. The van der Waals surface area contributed by atoms with Crippen molar-refractivity contribution in [2.75, 3.05) is 11.6 Å². The third-order valence-electron chi connectivity index (χ3n) is 4.49. The third-order valence-corrected chi connectivity index (χ3v) is 5.44. The third kappa shape index (κ3) is 4.31. The van der Waals surface area contributed by atoms with Crippen molar-refractivity contribution in [3.8, 4) is 11.4 Å². The number of carbonyl (C=O) groups is 1. The van der Waals surface area contributed by atoms with Gasteiger partial charge in [-0.05, 0) is 43.7 Å². The monoisotopic (exact) mass is 363 g/mol. The molecule has 0 radical (unpaired) electrons. The summed E-state index contributed by atoms with van der Waals surface area (Å²) in [6, 6.07) is 6.50. The summed E-state index contributed by atoms with van der Waals surface area (Å²) in [6.07, 6.45) is 4.37. The van der Waals surface area contributed by atoms with E-state index in [0.29, 0.717) is 5.16 Å². The van der Waals surface area contributed by atoms with Crippen LogP contribution in [0.2, 0.25) is 0 Å². The molecule has 3 N–H and O–H groups in total. The lowest BCUT2D eigenvalue weighted by molar-refractivity contribution is -0.119. The molecule has 1 aromatic carbocycles.